The monoisotopic (exact) mass is 1840 g/mol. The standard InChI is InChI=1S/C120H182N4O10/c1-7-13-19-25-31-37-43-49-55-67-85-129-109-93-101(94-110(130-86-68-56-50-44-38-32-26-20-14-8-2)115(109)133-89-71-59-53-47-41-35-29-23-17-11-5)121-119(127)107(91-97-73-63-61-64-74-97)123-117(125)105-83-79-99-78-82-104-106(84-80-100-77-81-103(105)113(99)114(100)104)118(126)124-108(92-98-75-65-62-66-76-98)120(128)122-102-95-111(131-87-69-57-51-45-39-33-27-21-15-9-3)116(134-90-72-60-54-48-42-36-30-24-18-12-6)112(96-102)132-88-70-58-52-46-40-34-28-22-16-10-4/h61-66,73-84,93-96,107-108H,7-60,67-72,85-92H2,1-6H3,(H,121,127)(H,122,128)(H,123,125)(H,124,126). The van der Waals surface area contributed by atoms with E-state index in [9.17, 15) is 0 Å². The molecule has 4 amide bonds. The van der Waals surface area contributed by atoms with E-state index in [1.165, 1.54) is 283 Å². The van der Waals surface area contributed by atoms with Crippen LogP contribution in [0.1, 0.15) is 459 Å². The quantitative estimate of drug-likeness (QED) is 0.0212. The average Bonchev–Trinajstić information content (AvgIpc) is 0.727. The lowest BCUT2D eigenvalue weighted by molar-refractivity contribution is -0.118. The maximum atomic E-state index is 15.5. The lowest BCUT2D eigenvalue weighted by Crippen LogP contribution is -2.45. The van der Waals surface area contributed by atoms with E-state index < -0.39 is 35.7 Å². The summed E-state index contributed by atoms with van der Waals surface area (Å²) in [5.41, 5.74) is 3.52. The fourth-order valence-electron chi connectivity index (χ4n) is 18.9. The minimum Gasteiger partial charge on any atom is -0.489 e. The van der Waals surface area contributed by atoms with Crippen molar-refractivity contribution in [2.75, 3.05) is 50.3 Å². The van der Waals surface area contributed by atoms with Gasteiger partial charge in [0.1, 0.15) is 12.1 Å². The summed E-state index contributed by atoms with van der Waals surface area (Å²) in [5, 5.41) is 17.8. The summed E-state index contributed by atoms with van der Waals surface area (Å²) in [4.78, 5) is 62.0. The molecule has 0 bridgehead atoms. The number of rotatable bonds is 84. The van der Waals surface area contributed by atoms with Crippen LogP contribution in [0.4, 0.5) is 11.4 Å². The Bertz CT molecular complexity index is 4020. The van der Waals surface area contributed by atoms with Gasteiger partial charge >= 0.3 is 0 Å². The highest BCUT2D eigenvalue weighted by Crippen LogP contribution is 2.45. The largest absolute Gasteiger partial charge is 0.489 e. The fraction of sp³-hybridized carbons (Fsp3) is 0.633. The van der Waals surface area contributed by atoms with Crippen molar-refractivity contribution in [3.63, 3.8) is 0 Å². The number of anilines is 2. The van der Waals surface area contributed by atoms with Crippen molar-refractivity contribution >= 4 is 67.3 Å². The molecule has 0 aromatic heterocycles. The molecular formula is C120H182N4O10. The van der Waals surface area contributed by atoms with Crippen LogP contribution in [0.2, 0.25) is 0 Å². The van der Waals surface area contributed by atoms with Gasteiger partial charge in [-0.2, -0.15) is 0 Å². The smallest absolute Gasteiger partial charge is 0.252 e. The van der Waals surface area contributed by atoms with Gasteiger partial charge in [-0.1, -0.05) is 485 Å². The van der Waals surface area contributed by atoms with Crippen LogP contribution in [0.5, 0.6) is 34.5 Å². The molecule has 2 atom stereocenters. The summed E-state index contributed by atoms with van der Waals surface area (Å²) < 4.78 is 40.8. The number of hydrogen-bond donors (Lipinski definition) is 4. The third-order valence-corrected chi connectivity index (χ3v) is 27.0. The summed E-state index contributed by atoms with van der Waals surface area (Å²) in [6.07, 6.45) is 73.3. The van der Waals surface area contributed by atoms with Crippen molar-refractivity contribution < 1.29 is 47.6 Å². The van der Waals surface area contributed by atoms with Gasteiger partial charge in [0, 0.05) is 59.6 Å². The zero-order chi connectivity index (χ0) is 94.6. The summed E-state index contributed by atoms with van der Waals surface area (Å²) in [5.74, 6) is 1.69. The Morgan fingerprint density at radius 3 is 0.679 bits per heavy atom. The second-order valence-electron chi connectivity index (χ2n) is 38.8. The summed E-state index contributed by atoms with van der Waals surface area (Å²) in [6.45, 7) is 16.7. The van der Waals surface area contributed by atoms with Crippen LogP contribution in [0, 0.1) is 0 Å². The highest BCUT2D eigenvalue weighted by molar-refractivity contribution is 6.29. The van der Waals surface area contributed by atoms with Crippen LogP contribution in [-0.4, -0.2) is 75.4 Å². The van der Waals surface area contributed by atoms with Crippen molar-refractivity contribution in [3.05, 3.63) is 156 Å². The zero-order valence-corrected chi connectivity index (χ0v) is 85.0. The number of ether oxygens (including phenoxy) is 6. The van der Waals surface area contributed by atoms with E-state index in [-0.39, 0.29) is 12.8 Å². The second kappa shape index (κ2) is 71.0. The van der Waals surface area contributed by atoms with Gasteiger partial charge in [0.2, 0.25) is 23.3 Å². The molecule has 8 aromatic carbocycles. The van der Waals surface area contributed by atoms with Gasteiger partial charge in [-0.25, -0.2) is 0 Å². The van der Waals surface area contributed by atoms with Gasteiger partial charge in [0.05, 0.1) is 39.6 Å². The molecule has 2 unspecified atom stereocenters. The normalized spacial score (nSPS) is 12.0. The number of hydrogen-bond acceptors (Lipinski definition) is 10. The Kier molecular flexibility index (Phi) is 58.7. The Balaban J connectivity index is 1.05. The first-order valence-electron chi connectivity index (χ1n) is 55.2. The average molecular weight is 1840 g/mol. The van der Waals surface area contributed by atoms with Gasteiger partial charge in [-0.3, -0.25) is 19.2 Å². The minimum absolute atomic E-state index is 0.209. The molecule has 0 saturated heterocycles. The van der Waals surface area contributed by atoms with Gasteiger partial charge in [-0.15, -0.1) is 0 Å². The summed E-state index contributed by atoms with van der Waals surface area (Å²) in [6, 6.07) is 40.7. The van der Waals surface area contributed by atoms with Crippen LogP contribution < -0.4 is 49.7 Å². The maximum absolute atomic E-state index is 15.5. The molecule has 0 spiro atoms. The van der Waals surface area contributed by atoms with E-state index >= 15 is 19.2 Å². The number of carbonyl (C=O) groups excluding carboxylic acids is 4. The number of unbranched alkanes of at least 4 members (excludes halogenated alkanes) is 54. The lowest BCUT2D eigenvalue weighted by Gasteiger charge is -2.22. The Morgan fingerprint density at radius 1 is 0.239 bits per heavy atom. The van der Waals surface area contributed by atoms with Crippen molar-refractivity contribution in [2.24, 2.45) is 0 Å². The van der Waals surface area contributed by atoms with Gasteiger partial charge in [-0.05, 0) is 94.1 Å². The van der Waals surface area contributed by atoms with Crippen LogP contribution in [0.3, 0.4) is 0 Å². The third-order valence-electron chi connectivity index (χ3n) is 27.0. The number of nitrogens with one attached hydrogen (secondary N) is 4. The van der Waals surface area contributed by atoms with E-state index in [1.807, 2.05) is 133 Å². The lowest BCUT2D eigenvalue weighted by atomic mass is 9.89. The fourth-order valence-corrected chi connectivity index (χ4v) is 18.9. The molecule has 8 aromatic rings. The highest BCUT2D eigenvalue weighted by Gasteiger charge is 2.30. The van der Waals surface area contributed by atoms with E-state index in [2.05, 4.69) is 62.8 Å². The molecule has 0 aliphatic rings. The third kappa shape index (κ3) is 43.9. The first-order valence-corrected chi connectivity index (χ1v) is 55.2. The van der Waals surface area contributed by atoms with Gasteiger partial charge in [0.25, 0.3) is 11.8 Å². The Labute approximate surface area is 812 Å². The van der Waals surface area contributed by atoms with Crippen LogP contribution in [0.15, 0.2) is 133 Å². The van der Waals surface area contributed by atoms with Crippen LogP contribution in [0.25, 0.3) is 32.3 Å². The Morgan fingerprint density at radius 2 is 0.448 bits per heavy atom. The molecule has 0 saturated carbocycles. The topological polar surface area (TPSA) is 172 Å². The van der Waals surface area contributed by atoms with E-state index in [4.69, 9.17) is 28.4 Å². The van der Waals surface area contributed by atoms with E-state index in [0.29, 0.717) is 107 Å². The van der Waals surface area contributed by atoms with Crippen molar-refractivity contribution in [1.82, 2.24) is 10.6 Å². The predicted molar refractivity (Wildman–Crippen MR) is 567 cm³/mol. The number of carbonyl (C=O) groups is 4. The summed E-state index contributed by atoms with van der Waals surface area (Å²) in [7, 11) is 0. The molecule has 0 fully saturated rings. The molecule has 0 aliphatic heterocycles. The molecule has 0 aliphatic carbocycles. The van der Waals surface area contributed by atoms with Crippen LogP contribution in [-0.2, 0) is 22.4 Å². The summed E-state index contributed by atoms with van der Waals surface area (Å²) >= 11 is 0. The predicted octanol–water partition coefficient (Wildman–Crippen LogP) is 34.3. The molecule has 134 heavy (non-hydrogen) atoms. The molecule has 0 heterocycles. The van der Waals surface area contributed by atoms with E-state index in [1.54, 1.807) is 0 Å². The van der Waals surface area contributed by atoms with Crippen molar-refractivity contribution in [3.8, 4) is 34.5 Å². The van der Waals surface area contributed by atoms with Crippen LogP contribution >= 0.6 is 0 Å². The molecule has 8 rings (SSSR count). The maximum Gasteiger partial charge on any atom is 0.252 e. The highest BCUT2D eigenvalue weighted by atomic mass is 16.5. The molecular weight excluding hydrogens is 1660 g/mol. The van der Waals surface area contributed by atoms with E-state index in [0.717, 1.165) is 135 Å². The number of benzene rings is 8. The minimum atomic E-state index is -1.03. The molecule has 742 valence electrons. The molecule has 4 N–H and O–H groups in total. The molecule has 0 radical (unpaired) electrons. The van der Waals surface area contributed by atoms with Gasteiger partial charge < -0.3 is 49.7 Å². The second-order valence-corrected chi connectivity index (χ2v) is 38.8. The zero-order valence-electron chi connectivity index (χ0n) is 85.0. The molecule has 14 nitrogen and oxygen atoms in total. The first-order chi connectivity index (χ1) is 66.1. The van der Waals surface area contributed by atoms with Gasteiger partial charge in [0.15, 0.2) is 23.0 Å². The first kappa shape index (κ1) is 111. The van der Waals surface area contributed by atoms with Crippen molar-refractivity contribution in [1.29, 1.82) is 0 Å². The molecule has 14 heteroatoms. The number of amides is 4. The van der Waals surface area contributed by atoms with Crippen molar-refractivity contribution in [2.45, 2.75) is 452 Å². The SMILES string of the molecule is CCCCCCCCCCCCOc1cc(NC(=O)C(Cc2ccccc2)NC(=O)c2ccc3ccc4c(C(=O)NC(Cc5ccccc5)C(=O)Nc5cc(OCCCCCCCCCCCC)c(OCCCCCCCCCCCC)c(OCCCCCCCCCCCC)c5)ccc5ccc2c3c54)cc(OCCCCCCCCCCCC)c1OCCCCCCCCCCCC. The Hall–Kier alpha value is -8.52.